The van der Waals surface area contributed by atoms with Gasteiger partial charge < -0.3 is 17.2 Å². The van der Waals surface area contributed by atoms with Gasteiger partial charge in [-0.15, -0.1) is 0 Å². The Morgan fingerprint density at radius 3 is 1.75 bits per heavy atom. The molecule has 2 radical (unpaired) electrons. The van der Waals surface area contributed by atoms with Gasteiger partial charge in [-0.2, -0.15) is 0 Å². The van der Waals surface area contributed by atoms with Gasteiger partial charge in [0.25, 0.3) is 0 Å². The topological polar surface area (TPSA) is 78.1 Å². The molecule has 2 aliphatic carbocycles. The van der Waals surface area contributed by atoms with Crippen LogP contribution in [-0.2, 0) is 0 Å². The Labute approximate surface area is 125 Å². The molecule has 0 saturated heterocycles. The van der Waals surface area contributed by atoms with Crippen LogP contribution in [0.4, 0.5) is 0 Å². The second-order valence-electron chi connectivity index (χ2n) is 7.05. The van der Waals surface area contributed by atoms with Gasteiger partial charge in [-0.1, -0.05) is 51.4 Å². The second kappa shape index (κ2) is 6.76. The largest absolute Gasteiger partial charge is 0.325 e. The fraction of sp³-hybridized carbons (Fsp3) is 0.882. The molecule has 0 bridgehead atoms. The molecule has 3 nitrogen and oxygen atoms in total. The zero-order valence-electron chi connectivity index (χ0n) is 13.0. The minimum absolute atomic E-state index is 0.0744. The van der Waals surface area contributed by atoms with E-state index in [1.807, 2.05) is 0 Å². The zero-order chi connectivity index (χ0) is 14.6. The Balaban J connectivity index is 2.30. The van der Waals surface area contributed by atoms with Gasteiger partial charge in [-0.25, -0.2) is 0 Å². The van der Waals surface area contributed by atoms with Crippen LogP contribution in [0.25, 0.3) is 0 Å². The molecule has 116 valence electrons. The van der Waals surface area contributed by atoms with E-state index in [2.05, 4.69) is 6.92 Å². The summed E-state index contributed by atoms with van der Waals surface area (Å²) in [5.41, 5.74) is 18.4. The van der Waals surface area contributed by atoms with Gasteiger partial charge in [0.1, 0.15) is 0 Å². The van der Waals surface area contributed by atoms with Crippen LogP contribution in [0.5, 0.6) is 0 Å². The highest BCUT2D eigenvalue weighted by atomic mass is 15.1. The van der Waals surface area contributed by atoms with Crippen LogP contribution in [0, 0.1) is 18.3 Å². The Bertz CT molecular complexity index is 283. The summed E-state index contributed by atoms with van der Waals surface area (Å²) in [5.74, 6) is 1.61. The molecule has 2 fully saturated rings. The molecular formula is C17H33N3. The van der Waals surface area contributed by atoms with Gasteiger partial charge in [-0.05, 0) is 38.5 Å². The summed E-state index contributed by atoms with van der Waals surface area (Å²) >= 11 is 0. The third-order valence-corrected chi connectivity index (χ3v) is 5.78. The molecule has 0 aliphatic heterocycles. The predicted molar refractivity (Wildman–Crippen MR) is 85.5 cm³/mol. The average Bonchev–Trinajstić information content (AvgIpc) is 2.82. The van der Waals surface area contributed by atoms with Gasteiger partial charge >= 0.3 is 0 Å². The third kappa shape index (κ3) is 3.05. The van der Waals surface area contributed by atoms with Crippen molar-refractivity contribution in [2.24, 2.45) is 22.6 Å². The van der Waals surface area contributed by atoms with E-state index in [-0.39, 0.29) is 5.41 Å². The standard InChI is InChI=1S/C17H33N3/c1-14(18)17(19,20)16(12-8-4-5-9-13-16)15-10-6-2-3-7-11-15/h14H,1-13,18-20H2. The molecule has 2 aliphatic rings. The molecular weight excluding hydrogens is 246 g/mol. The molecule has 2 rings (SSSR count). The van der Waals surface area contributed by atoms with Crippen LogP contribution in [-0.4, -0.2) is 11.7 Å². The van der Waals surface area contributed by atoms with Crippen molar-refractivity contribution in [1.82, 2.24) is 0 Å². The minimum Gasteiger partial charge on any atom is -0.325 e. The Kier molecular flexibility index (Phi) is 5.49. The van der Waals surface area contributed by atoms with E-state index in [1.54, 1.807) is 5.92 Å². The first-order valence-corrected chi connectivity index (χ1v) is 8.52. The monoisotopic (exact) mass is 279 g/mol. The van der Waals surface area contributed by atoms with Gasteiger partial charge in [0, 0.05) is 11.5 Å². The lowest BCUT2D eigenvalue weighted by Gasteiger charge is -2.52. The van der Waals surface area contributed by atoms with Crippen LogP contribution >= 0.6 is 0 Å². The Morgan fingerprint density at radius 1 is 0.850 bits per heavy atom. The first-order valence-electron chi connectivity index (χ1n) is 8.52. The van der Waals surface area contributed by atoms with Crippen molar-refractivity contribution >= 4 is 0 Å². The maximum absolute atomic E-state index is 6.59. The van der Waals surface area contributed by atoms with E-state index in [0.717, 1.165) is 12.8 Å². The van der Waals surface area contributed by atoms with Crippen molar-refractivity contribution in [2.75, 3.05) is 0 Å². The fourth-order valence-electron chi connectivity index (χ4n) is 4.41. The highest BCUT2D eigenvalue weighted by molar-refractivity contribution is 5.19. The summed E-state index contributed by atoms with van der Waals surface area (Å²) < 4.78 is 0. The lowest BCUT2D eigenvalue weighted by Crippen LogP contribution is -2.72. The minimum atomic E-state index is -0.864. The van der Waals surface area contributed by atoms with Crippen LogP contribution in [0.3, 0.4) is 0 Å². The summed E-state index contributed by atoms with van der Waals surface area (Å²) in [6.45, 7) is 3.99. The van der Waals surface area contributed by atoms with Crippen molar-refractivity contribution in [3.63, 3.8) is 0 Å². The number of nitrogens with two attached hydrogens (primary N) is 3. The fourth-order valence-corrected chi connectivity index (χ4v) is 4.41. The molecule has 3 heteroatoms. The van der Waals surface area contributed by atoms with Crippen molar-refractivity contribution in [1.29, 1.82) is 0 Å². The number of rotatable bonds is 3. The van der Waals surface area contributed by atoms with Crippen LogP contribution in [0.15, 0.2) is 0 Å². The van der Waals surface area contributed by atoms with E-state index >= 15 is 0 Å². The lowest BCUT2D eigenvalue weighted by atomic mass is 9.58. The van der Waals surface area contributed by atoms with Crippen molar-refractivity contribution in [3.05, 3.63) is 12.8 Å². The van der Waals surface area contributed by atoms with Gasteiger partial charge in [-0.3, -0.25) is 0 Å². The highest BCUT2D eigenvalue weighted by Crippen LogP contribution is 2.52. The maximum atomic E-state index is 6.59. The normalized spacial score (nSPS) is 27.6. The maximum Gasteiger partial charge on any atom is 0.0855 e. The predicted octanol–water partition coefficient (Wildman–Crippen LogP) is 3.03. The molecule has 0 heterocycles. The molecule has 0 aromatic carbocycles. The quantitative estimate of drug-likeness (QED) is 0.549. The third-order valence-electron chi connectivity index (χ3n) is 5.78. The first kappa shape index (κ1) is 16.3. The Hall–Kier alpha value is -0.120. The smallest absolute Gasteiger partial charge is 0.0855 e. The van der Waals surface area contributed by atoms with E-state index in [0.29, 0.717) is 0 Å². The van der Waals surface area contributed by atoms with Gasteiger partial charge in [0.2, 0.25) is 0 Å². The highest BCUT2D eigenvalue weighted by Gasteiger charge is 2.52. The first-order chi connectivity index (χ1) is 9.51. The number of hydrogen-bond donors (Lipinski definition) is 3. The summed E-state index contributed by atoms with van der Waals surface area (Å²) in [6, 6.07) is -0.406. The molecule has 0 amide bonds. The SMILES string of the molecule is [CH2]C(N)C(N)(N)C1([C]2CCCCCC2)CCCCCC1. The lowest BCUT2D eigenvalue weighted by molar-refractivity contribution is 0.0905. The van der Waals surface area contributed by atoms with Crippen LogP contribution in [0.2, 0.25) is 0 Å². The van der Waals surface area contributed by atoms with Crippen molar-refractivity contribution < 1.29 is 0 Å². The molecule has 6 N–H and O–H groups in total. The van der Waals surface area contributed by atoms with Crippen LogP contribution < -0.4 is 17.2 Å². The zero-order valence-corrected chi connectivity index (χ0v) is 13.0. The summed E-state index contributed by atoms with van der Waals surface area (Å²) in [5, 5.41) is 0. The molecule has 1 unspecified atom stereocenters. The molecule has 2 saturated carbocycles. The molecule has 20 heavy (non-hydrogen) atoms. The van der Waals surface area contributed by atoms with E-state index in [1.165, 1.54) is 64.2 Å². The molecule has 0 spiro atoms. The Morgan fingerprint density at radius 2 is 1.30 bits per heavy atom. The molecule has 0 aromatic heterocycles. The van der Waals surface area contributed by atoms with Crippen molar-refractivity contribution in [2.45, 2.75) is 88.8 Å². The molecule has 1 atom stereocenters. The van der Waals surface area contributed by atoms with Gasteiger partial charge in [0.05, 0.1) is 5.66 Å². The number of hydrogen-bond acceptors (Lipinski definition) is 3. The van der Waals surface area contributed by atoms with E-state index < -0.39 is 11.7 Å². The van der Waals surface area contributed by atoms with Crippen LogP contribution in [0.1, 0.15) is 77.0 Å². The average molecular weight is 279 g/mol. The summed E-state index contributed by atoms with van der Waals surface area (Å²) in [6.07, 6.45) is 15.0. The van der Waals surface area contributed by atoms with Crippen molar-refractivity contribution in [3.8, 4) is 0 Å². The van der Waals surface area contributed by atoms with Gasteiger partial charge in [0.15, 0.2) is 0 Å². The summed E-state index contributed by atoms with van der Waals surface area (Å²) in [4.78, 5) is 0. The summed E-state index contributed by atoms with van der Waals surface area (Å²) in [7, 11) is 0. The van der Waals surface area contributed by atoms with E-state index in [4.69, 9.17) is 17.2 Å². The van der Waals surface area contributed by atoms with E-state index in [9.17, 15) is 0 Å². The molecule has 0 aromatic rings. The second-order valence-corrected chi connectivity index (χ2v) is 7.05.